The number of hydrogen-bond acceptors (Lipinski definition) is 6. The number of imidazole rings is 1. The van der Waals surface area contributed by atoms with Crippen molar-refractivity contribution in [2.24, 2.45) is 14.1 Å². The van der Waals surface area contributed by atoms with Gasteiger partial charge in [0.2, 0.25) is 0 Å². The predicted molar refractivity (Wildman–Crippen MR) is 100 cm³/mol. The largest absolute Gasteiger partial charge is 0.508 e. The molecule has 3 aromatic rings. The number of Topliss-reactive ketones (excluding diaryl/α,β-unsaturated/α-hetero) is 1. The van der Waals surface area contributed by atoms with Crippen LogP contribution >= 0.6 is 0 Å². The number of nitrogens with zero attached hydrogens (tertiary/aromatic N) is 4. The van der Waals surface area contributed by atoms with Gasteiger partial charge in [-0.2, -0.15) is 0 Å². The Balaban J connectivity index is 1.72. The lowest BCUT2D eigenvalue weighted by atomic mass is 10.1. The normalized spacial score (nSPS) is 12.4. The highest BCUT2D eigenvalue weighted by Crippen LogP contribution is 2.11. The predicted octanol–water partition coefficient (Wildman–Crippen LogP) is 0.000300. The van der Waals surface area contributed by atoms with Crippen LogP contribution in [0, 0.1) is 0 Å². The highest BCUT2D eigenvalue weighted by atomic mass is 16.3. The minimum Gasteiger partial charge on any atom is -0.508 e. The van der Waals surface area contributed by atoms with Gasteiger partial charge in [0.1, 0.15) is 5.75 Å². The van der Waals surface area contributed by atoms with Crippen molar-refractivity contribution in [1.29, 1.82) is 0 Å². The van der Waals surface area contributed by atoms with E-state index in [9.17, 15) is 19.5 Å². The van der Waals surface area contributed by atoms with Gasteiger partial charge in [-0.1, -0.05) is 0 Å². The lowest BCUT2D eigenvalue weighted by Gasteiger charge is -2.13. The Morgan fingerprint density at radius 1 is 1.19 bits per heavy atom. The topological polar surface area (TPSA) is 111 Å². The molecule has 0 aliphatic rings. The maximum Gasteiger partial charge on any atom is 0.332 e. The summed E-state index contributed by atoms with van der Waals surface area (Å²) in [5.41, 5.74) is 0.350. The Morgan fingerprint density at radius 3 is 2.52 bits per heavy atom. The van der Waals surface area contributed by atoms with Gasteiger partial charge in [-0.15, -0.1) is 0 Å². The van der Waals surface area contributed by atoms with E-state index in [1.165, 1.54) is 30.1 Å². The molecule has 9 nitrogen and oxygen atoms in total. The summed E-state index contributed by atoms with van der Waals surface area (Å²) >= 11 is 0. The molecule has 0 radical (unpaired) electrons. The van der Waals surface area contributed by atoms with E-state index in [1.807, 2.05) is 0 Å². The van der Waals surface area contributed by atoms with Gasteiger partial charge < -0.3 is 15.0 Å². The number of nitrogens with one attached hydrogen (secondary N) is 1. The number of carbonyl (C=O) groups is 1. The number of aryl methyl sites for hydroxylation is 1. The molecule has 0 saturated heterocycles. The summed E-state index contributed by atoms with van der Waals surface area (Å²) in [5.74, 6) is 0.0129. The van der Waals surface area contributed by atoms with Crippen molar-refractivity contribution in [2.45, 2.75) is 19.5 Å². The average Bonchev–Trinajstić information content (AvgIpc) is 3.08. The molecule has 3 rings (SSSR count). The standard InChI is InChI=1S/C18H21N5O4/c1-11(15(25)12-4-6-13(24)7-5-12)19-8-9-23-10-20-16-14(23)17(26)22(3)18(27)21(16)2/h4-7,10-11,19,24H,8-9H2,1-3H3. The number of phenolic OH excluding ortho intramolecular Hbond substituents is 1. The fourth-order valence-electron chi connectivity index (χ4n) is 2.94. The SMILES string of the molecule is CC(NCCn1cnc2c1c(=O)n(C)c(=O)n2C)C(=O)c1ccc(O)cc1. The molecular formula is C18H21N5O4. The summed E-state index contributed by atoms with van der Waals surface area (Å²) in [6.45, 7) is 2.60. The van der Waals surface area contributed by atoms with Crippen molar-refractivity contribution in [3.05, 3.63) is 57.0 Å². The molecule has 2 N–H and O–H groups in total. The number of aromatic nitrogens is 4. The Bertz CT molecular complexity index is 1110. The summed E-state index contributed by atoms with van der Waals surface area (Å²) in [4.78, 5) is 40.9. The van der Waals surface area contributed by atoms with Gasteiger partial charge in [0, 0.05) is 32.7 Å². The number of hydrogen-bond donors (Lipinski definition) is 2. The van der Waals surface area contributed by atoms with E-state index in [1.54, 1.807) is 30.7 Å². The molecule has 2 heterocycles. The van der Waals surface area contributed by atoms with Crippen LogP contribution in [0.5, 0.6) is 5.75 Å². The smallest absolute Gasteiger partial charge is 0.332 e. The fourth-order valence-corrected chi connectivity index (χ4v) is 2.94. The lowest BCUT2D eigenvalue weighted by molar-refractivity contribution is 0.0951. The number of ketones is 1. The van der Waals surface area contributed by atoms with Crippen LogP contribution in [-0.4, -0.2) is 42.2 Å². The van der Waals surface area contributed by atoms with Crippen LogP contribution in [0.1, 0.15) is 17.3 Å². The van der Waals surface area contributed by atoms with E-state index >= 15 is 0 Å². The first-order valence-electron chi connectivity index (χ1n) is 8.48. The third-order valence-electron chi connectivity index (χ3n) is 4.57. The maximum absolute atomic E-state index is 12.4. The minimum absolute atomic E-state index is 0.0937. The van der Waals surface area contributed by atoms with E-state index in [0.717, 1.165) is 4.57 Å². The number of carbonyl (C=O) groups excluding carboxylic acids is 1. The molecule has 0 amide bonds. The third-order valence-corrected chi connectivity index (χ3v) is 4.57. The molecular weight excluding hydrogens is 350 g/mol. The summed E-state index contributed by atoms with van der Waals surface area (Å²) in [6, 6.07) is 5.65. The monoisotopic (exact) mass is 371 g/mol. The molecule has 0 bridgehead atoms. The first kappa shape index (κ1) is 18.6. The van der Waals surface area contributed by atoms with Gasteiger partial charge >= 0.3 is 5.69 Å². The van der Waals surface area contributed by atoms with E-state index in [4.69, 9.17) is 0 Å². The molecule has 0 aliphatic carbocycles. The second-order valence-electron chi connectivity index (χ2n) is 6.40. The van der Waals surface area contributed by atoms with Crippen LogP contribution in [0.25, 0.3) is 11.2 Å². The molecule has 1 atom stereocenters. The van der Waals surface area contributed by atoms with Gasteiger partial charge in [0.05, 0.1) is 12.4 Å². The van der Waals surface area contributed by atoms with Crippen LogP contribution in [0.4, 0.5) is 0 Å². The zero-order valence-corrected chi connectivity index (χ0v) is 15.3. The van der Waals surface area contributed by atoms with Crippen LogP contribution in [0.15, 0.2) is 40.2 Å². The lowest BCUT2D eigenvalue weighted by Crippen LogP contribution is -2.38. The van der Waals surface area contributed by atoms with Gasteiger partial charge in [-0.3, -0.25) is 18.7 Å². The quantitative estimate of drug-likeness (QED) is 0.590. The number of benzene rings is 1. The molecule has 27 heavy (non-hydrogen) atoms. The van der Waals surface area contributed by atoms with Crippen molar-refractivity contribution >= 4 is 16.9 Å². The van der Waals surface area contributed by atoms with Crippen LogP contribution in [-0.2, 0) is 20.6 Å². The molecule has 0 aliphatic heterocycles. The number of aromatic hydroxyl groups is 1. The first-order valence-corrected chi connectivity index (χ1v) is 8.48. The summed E-state index contributed by atoms with van der Waals surface area (Å²) in [6.07, 6.45) is 1.51. The molecule has 0 fully saturated rings. The maximum atomic E-state index is 12.4. The Hall–Kier alpha value is -3.20. The van der Waals surface area contributed by atoms with Gasteiger partial charge in [-0.05, 0) is 31.2 Å². The molecule has 0 saturated carbocycles. The Morgan fingerprint density at radius 2 is 1.85 bits per heavy atom. The highest BCUT2D eigenvalue weighted by Gasteiger charge is 2.16. The van der Waals surface area contributed by atoms with Crippen molar-refractivity contribution in [3.8, 4) is 5.75 Å². The molecule has 142 valence electrons. The van der Waals surface area contributed by atoms with Crippen molar-refractivity contribution in [1.82, 2.24) is 24.0 Å². The number of phenols is 1. The average molecular weight is 371 g/mol. The third kappa shape index (κ3) is 3.41. The van der Waals surface area contributed by atoms with E-state index in [2.05, 4.69) is 10.3 Å². The van der Waals surface area contributed by atoms with Gasteiger partial charge in [0.25, 0.3) is 5.56 Å². The molecule has 1 unspecified atom stereocenters. The fraction of sp³-hybridized carbons (Fsp3) is 0.333. The van der Waals surface area contributed by atoms with Gasteiger partial charge in [0.15, 0.2) is 16.9 Å². The molecule has 1 aromatic carbocycles. The minimum atomic E-state index is -0.434. The second kappa shape index (κ2) is 7.20. The molecule has 2 aromatic heterocycles. The number of fused-ring (bicyclic) bond motifs is 1. The second-order valence-corrected chi connectivity index (χ2v) is 6.40. The van der Waals surface area contributed by atoms with Crippen LogP contribution < -0.4 is 16.6 Å². The highest BCUT2D eigenvalue weighted by molar-refractivity contribution is 5.99. The van der Waals surface area contributed by atoms with Crippen molar-refractivity contribution in [3.63, 3.8) is 0 Å². The summed E-state index contributed by atoms with van der Waals surface area (Å²) < 4.78 is 4.05. The first-order chi connectivity index (χ1) is 12.8. The molecule has 0 spiro atoms. The van der Waals surface area contributed by atoms with Crippen LogP contribution in [0.2, 0.25) is 0 Å². The van der Waals surface area contributed by atoms with Crippen molar-refractivity contribution in [2.75, 3.05) is 6.54 Å². The number of rotatable bonds is 6. The van der Waals surface area contributed by atoms with Gasteiger partial charge in [-0.25, -0.2) is 9.78 Å². The van der Waals surface area contributed by atoms with Crippen LogP contribution in [0.3, 0.4) is 0 Å². The Kier molecular flexibility index (Phi) is 4.95. The zero-order chi connectivity index (χ0) is 19.7. The molecule has 9 heteroatoms. The summed E-state index contributed by atoms with van der Waals surface area (Å²) in [7, 11) is 3.00. The Labute approximate surface area is 154 Å². The van der Waals surface area contributed by atoms with E-state index in [-0.39, 0.29) is 11.5 Å². The van der Waals surface area contributed by atoms with Crippen molar-refractivity contribution < 1.29 is 9.90 Å². The van der Waals surface area contributed by atoms with E-state index < -0.39 is 17.3 Å². The zero-order valence-electron chi connectivity index (χ0n) is 15.3. The van der Waals surface area contributed by atoms with E-state index in [0.29, 0.717) is 29.8 Å². The summed E-state index contributed by atoms with van der Waals surface area (Å²) in [5, 5.41) is 12.4.